The van der Waals surface area contributed by atoms with Crippen molar-refractivity contribution in [3.05, 3.63) is 69.7 Å². The number of rotatable bonds is 3. The fourth-order valence-electron chi connectivity index (χ4n) is 4.04. The molecule has 0 radical (unpaired) electrons. The average molecular weight is 423 g/mol. The molecule has 31 heavy (non-hydrogen) atoms. The molecule has 0 aromatic carbocycles. The van der Waals surface area contributed by atoms with Crippen molar-refractivity contribution in [2.45, 2.75) is 26.3 Å². The maximum atomic E-state index is 13.5. The molecule has 0 fully saturated rings. The molecule has 0 unspecified atom stereocenters. The lowest BCUT2D eigenvalue weighted by molar-refractivity contribution is 0.141. The Morgan fingerprint density at radius 1 is 1.16 bits per heavy atom. The van der Waals surface area contributed by atoms with Crippen molar-refractivity contribution in [1.29, 1.82) is 0 Å². The second-order valence-electron chi connectivity index (χ2n) is 7.57. The predicted molar refractivity (Wildman–Crippen MR) is 110 cm³/mol. The van der Waals surface area contributed by atoms with E-state index in [0.29, 0.717) is 42.1 Å². The fraction of sp³-hybridized carbons (Fsp3) is 0.286. The van der Waals surface area contributed by atoms with Crippen LogP contribution in [0.5, 0.6) is 0 Å². The number of halogens is 2. The quantitative estimate of drug-likeness (QED) is 0.504. The number of hydrogen-bond acceptors (Lipinski definition) is 6. The van der Waals surface area contributed by atoms with Gasteiger partial charge in [0.1, 0.15) is 5.69 Å². The Bertz CT molecular complexity index is 1360. The van der Waals surface area contributed by atoms with E-state index in [2.05, 4.69) is 25.1 Å². The number of alkyl halides is 2. The standard InChI is InChI=1S/C21H19F2N7O/c1-12-7-17-24-5-3-18(31)30(17)27-21(12)29-6-4-16-14(11-29)8-13(9-25-16)15-10-26-28(2)19(15)20(22)23/h3,5,7-10,20H,4,6,11H2,1-2H3. The molecule has 0 saturated carbocycles. The summed E-state index contributed by atoms with van der Waals surface area (Å²) in [6.07, 6.45) is 2.59. The zero-order valence-corrected chi connectivity index (χ0v) is 17.0. The van der Waals surface area contributed by atoms with Gasteiger partial charge < -0.3 is 4.90 Å². The van der Waals surface area contributed by atoms with E-state index in [1.165, 1.54) is 34.7 Å². The first-order valence-corrected chi connectivity index (χ1v) is 9.81. The summed E-state index contributed by atoms with van der Waals surface area (Å²) in [5, 5.41) is 8.51. The highest BCUT2D eigenvalue weighted by molar-refractivity contribution is 5.66. The lowest BCUT2D eigenvalue weighted by Gasteiger charge is -2.30. The van der Waals surface area contributed by atoms with E-state index in [4.69, 9.17) is 0 Å². The Kier molecular flexibility index (Phi) is 4.49. The Labute approximate surface area is 175 Å². The molecule has 4 aromatic heterocycles. The number of anilines is 1. The predicted octanol–water partition coefficient (Wildman–Crippen LogP) is 2.69. The van der Waals surface area contributed by atoms with E-state index in [-0.39, 0.29) is 11.3 Å². The summed E-state index contributed by atoms with van der Waals surface area (Å²) in [7, 11) is 1.50. The summed E-state index contributed by atoms with van der Waals surface area (Å²) in [5.41, 5.74) is 3.86. The molecule has 0 bridgehead atoms. The molecule has 4 aromatic rings. The molecular formula is C21H19F2N7O. The summed E-state index contributed by atoms with van der Waals surface area (Å²) in [5.74, 6) is 0.688. The van der Waals surface area contributed by atoms with Crippen LogP contribution in [0.15, 0.2) is 41.6 Å². The van der Waals surface area contributed by atoms with Crippen molar-refractivity contribution in [3.63, 3.8) is 0 Å². The van der Waals surface area contributed by atoms with Gasteiger partial charge >= 0.3 is 0 Å². The summed E-state index contributed by atoms with van der Waals surface area (Å²) in [6, 6.07) is 5.09. The normalized spacial score (nSPS) is 13.8. The smallest absolute Gasteiger partial charge is 0.280 e. The maximum Gasteiger partial charge on any atom is 0.280 e. The van der Waals surface area contributed by atoms with Crippen molar-refractivity contribution >= 4 is 11.5 Å². The third-order valence-corrected chi connectivity index (χ3v) is 5.58. The van der Waals surface area contributed by atoms with E-state index in [0.717, 1.165) is 16.8 Å². The third-order valence-electron chi connectivity index (χ3n) is 5.58. The van der Waals surface area contributed by atoms with Gasteiger partial charge in [-0.25, -0.2) is 13.8 Å². The van der Waals surface area contributed by atoms with Crippen molar-refractivity contribution in [2.24, 2.45) is 7.05 Å². The minimum absolute atomic E-state index is 0.131. The molecule has 0 spiro atoms. The first-order valence-electron chi connectivity index (χ1n) is 9.81. The molecule has 1 aliphatic rings. The Balaban J connectivity index is 1.53. The highest BCUT2D eigenvalue weighted by Crippen LogP contribution is 2.33. The van der Waals surface area contributed by atoms with Crippen LogP contribution in [-0.2, 0) is 20.0 Å². The first-order chi connectivity index (χ1) is 14.9. The van der Waals surface area contributed by atoms with Gasteiger partial charge in [-0.3, -0.25) is 14.5 Å². The van der Waals surface area contributed by atoms with Crippen molar-refractivity contribution < 1.29 is 8.78 Å². The van der Waals surface area contributed by atoms with Gasteiger partial charge in [0, 0.05) is 61.8 Å². The van der Waals surface area contributed by atoms with Crippen LogP contribution in [0.4, 0.5) is 14.6 Å². The van der Waals surface area contributed by atoms with E-state index in [1.807, 2.05) is 19.1 Å². The van der Waals surface area contributed by atoms with E-state index in [1.54, 1.807) is 6.20 Å². The topological polar surface area (TPSA) is 81.2 Å². The summed E-state index contributed by atoms with van der Waals surface area (Å²) < 4.78 is 29.5. The zero-order valence-electron chi connectivity index (χ0n) is 17.0. The molecule has 1 aliphatic heterocycles. The molecule has 8 nitrogen and oxygen atoms in total. The van der Waals surface area contributed by atoms with Gasteiger partial charge in [-0.1, -0.05) is 0 Å². The van der Waals surface area contributed by atoms with Crippen LogP contribution >= 0.6 is 0 Å². The zero-order chi connectivity index (χ0) is 21.7. The van der Waals surface area contributed by atoms with Crippen LogP contribution in [0.25, 0.3) is 16.8 Å². The van der Waals surface area contributed by atoms with Gasteiger partial charge in [0.15, 0.2) is 11.5 Å². The third kappa shape index (κ3) is 3.24. The van der Waals surface area contributed by atoms with Crippen LogP contribution in [-0.4, -0.2) is 35.9 Å². The van der Waals surface area contributed by atoms with Crippen molar-refractivity contribution in [2.75, 3.05) is 11.4 Å². The van der Waals surface area contributed by atoms with Crippen LogP contribution in [0.1, 0.15) is 28.9 Å². The summed E-state index contributed by atoms with van der Waals surface area (Å²) in [4.78, 5) is 23.0. The molecule has 5 heterocycles. The van der Waals surface area contributed by atoms with Crippen LogP contribution < -0.4 is 10.5 Å². The van der Waals surface area contributed by atoms with Crippen LogP contribution in [0.3, 0.4) is 0 Å². The van der Waals surface area contributed by atoms with Gasteiger partial charge in [0.25, 0.3) is 12.0 Å². The molecule has 0 atom stereocenters. The van der Waals surface area contributed by atoms with Crippen molar-refractivity contribution in [1.82, 2.24) is 29.4 Å². The van der Waals surface area contributed by atoms with E-state index >= 15 is 0 Å². The second kappa shape index (κ2) is 7.22. The molecule has 0 N–H and O–H groups in total. The average Bonchev–Trinajstić information content (AvgIpc) is 3.14. The molecular weight excluding hydrogens is 404 g/mol. The van der Waals surface area contributed by atoms with E-state index < -0.39 is 6.43 Å². The monoisotopic (exact) mass is 423 g/mol. The highest BCUT2D eigenvalue weighted by Gasteiger charge is 2.24. The lowest BCUT2D eigenvalue weighted by Crippen LogP contribution is -2.33. The largest absolute Gasteiger partial charge is 0.350 e. The highest BCUT2D eigenvalue weighted by atomic mass is 19.3. The first kappa shape index (κ1) is 19.3. The maximum absolute atomic E-state index is 13.5. The fourth-order valence-corrected chi connectivity index (χ4v) is 4.04. The number of aryl methyl sites for hydroxylation is 2. The SMILES string of the molecule is Cc1cc2nccc(=O)n2nc1N1CCc2ncc(-c3cnn(C)c3C(F)F)cc2C1. The molecule has 158 valence electrons. The Hall–Kier alpha value is -3.69. The number of fused-ring (bicyclic) bond motifs is 2. The van der Waals surface area contributed by atoms with Gasteiger partial charge in [0.2, 0.25) is 0 Å². The van der Waals surface area contributed by atoms with Crippen LogP contribution in [0, 0.1) is 6.92 Å². The number of nitrogens with zero attached hydrogens (tertiary/aromatic N) is 7. The van der Waals surface area contributed by atoms with Gasteiger partial charge in [-0.05, 0) is 30.2 Å². The number of hydrogen-bond donors (Lipinski definition) is 0. The minimum Gasteiger partial charge on any atom is -0.350 e. The van der Waals surface area contributed by atoms with Gasteiger partial charge in [-0.2, -0.15) is 9.61 Å². The van der Waals surface area contributed by atoms with Crippen molar-refractivity contribution in [3.8, 4) is 11.1 Å². The number of aromatic nitrogens is 6. The van der Waals surface area contributed by atoms with Gasteiger partial charge in [-0.15, -0.1) is 5.10 Å². The molecule has 0 aliphatic carbocycles. The Morgan fingerprint density at radius 2 is 2.00 bits per heavy atom. The molecule has 5 rings (SSSR count). The summed E-state index contributed by atoms with van der Waals surface area (Å²) >= 11 is 0. The summed E-state index contributed by atoms with van der Waals surface area (Å²) in [6.45, 7) is 3.12. The minimum atomic E-state index is -2.63. The molecule has 0 saturated heterocycles. The number of pyridine rings is 1. The van der Waals surface area contributed by atoms with Crippen LogP contribution in [0.2, 0.25) is 0 Å². The molecule has 0 amide bonds. The molecule has 10 heteroatoms. The second-order valence-corrected chi connectivity index (χ2v) is 7.57. The Morgan fingerprint density at radius 3 is 2.81 bits per heavy atom. The van der Waals surface area contributed by atoms with E-state index in [9.17, 15) is 13.6 Å². The van der Waals surface area contributed by atoms with Gasteiger partial charge in [0.05, 0.1) is 6.20 Å². The lowest BCUT2D eigenvalue weighted by atomic mass is 10.00.